The van der Waals surface area contributed by atoms with Crippen molar-refractivity contribution in [1.82, 2.24) is 4.57 Å². The lowest BCUT2D eigenvalue weighted by Crippen LogP contribution is -2.29. The van der Waals surface area contributed by atoms with Crippen molar-refractivity contribution in [2.45, 2.75) is 32.9 Å². The highest BCUT2D eigenvalue weighted by Gasteiger charge is 2.19. The molecule has 4 heteroatoms. The van der Waals surface area contributed by atoms with Crippen molar-refractivity contribution in [2.24, 2.45) is 0 Å². The molecule has 4 nitrogen and oxygen atoms in total. The molecule has 0 atom stereocenters. The molecule has 1 aliphatic rings. The second-order valence-electron chi connectivity index (χ2n) is 5.24. The largest absolute Gasteiger partial charge is 0.384 e. The number of hydrogen-bond donors (Lipinski definition) is 1. The topological polar surface area (TPSA) is 43.3 Å². The van der Waals surface area contributed by atoms with Gasteiger partial charge in [-0.25, -0.2) is 0 Å². The summed E-state index contributed by atoms with van der Waals surface area (Å²) in [6, 6.07) is 6.36. The number of benzene rings is 1. The third-order valence-electron chi connectivity index (χ3n) is 4.00. The van der Waals surface area contributed by atoms with E-state index in [4.69, 9.17) is 4.74 Å². The smallest absolute Gasteiger partial charge is 0.258 e. The van der Waals surface area contributed by atoms with Gasteiger partial charge < -0.3 is 10.1 Å². The van der Waals surface area contributed by atoms with Crippen LogP contribution in [0.1, 0.15) is 24.5 Å². The molecule has 0 aliphatic carbocycles. The van der Waals surface area contributed by atoms with Crippen molar-refractivity contribution in [3.05, 3.63) is 39.7 Å². The molecular weight excluding hydrogens is 252 g/mol. The summed E-state index contributed by atoms with van der Waals surface area (Å²) in [6.45, 7) is 3.36. The number of hydrogen-bond acceptors (Lipinski definition) is 3. The summed E-state index contributed by atoms with van der Waals surface area (Å²) in [7, 11) is 1.62. The average molecular weight is 272 g/mol. The van der Waals surface area contributed by atoms with E-state index in [1.165, 1.54) is 5.56 Å². The van der Waals surface area contributed by atoms with E-state index in [1.54, 1.807) is 11.7 Å². The quantitative estimate of drug-likeness (QED) is 0.933. The van der Waals surface area contributed by atoms with E-state index in [1.807, 2.05) is 0 Å². The molecule has 0 bridgehead atoms. The minimum Gasteiger partial charge on any atom is -0.384 e. The SMILES string of the molecule is CCc1ccc2c3c(c(=O)n(COC)c2c1)CCCN3. The molecule has 0 unspecified atom stereocenters. The third kappa shape index (κ3) is 2.00. The number of methoxy groups -OCH3 is 1. The first kappa shape index (κ1) is 13.2. The first-order valence-corrected chi connectivity index (χ1v) is 7.17. The zero-order chi connectivity index (χ0) is 14.1. The number of rotatable bonds is 3. The average Bonchev–Trinajstić information content (AvgIpc) is 2.51. The van der Waals surface area contributed by atoms with E-state index in [2.05, 4.69) is 30.4 Å². The van der Waals surface area contributed by atoms with Gasteiger partial charge in [0.05, 0.1) is 11.2 Å². The summed E-state index contributed by atoms with van der Waals surface area (Å²) in [4.78, 5) is 12.7. The molecule has 0 saturated carbocycles. The lowest BCUT2D eigenvalue weighted by Gasteiger charge is -2.22. The van der Waals surface area contributed by atoms with Crippen molar-refractivity contribution in [1.29, 1.82) is 0 Å². The van der Waals surface area contributed by atoms with Gasteiger partial charge in [-0.1, -0.05) is 19.1 Å². The zero-order valence-electron chi connectivity index (χ0n) is 12.0. The van der Waals surface area contributed by atoms with E-state index in [-0.39, 0.29) is 5.56 Å². The number of aryl methyl sites for hydroxylation is 1. The molecule has 3 rings (SSSR count). The Labute approximate surface area is 118 Å². The Hall–Kier alpha value is -1.81. The fraction of sp³-hybridized carbons (Fsp3) is 0.438. The van der Waals surface area contributed by atoms with E-state index in [0.717, 1.165) is 48.0 Å². The van der Waals surface area contributed by atoms with Crippen molar-refractivity contribution >= 4 is 16.6 Å². The number of pyridine rings is 1. The van der Waals surface area contributed by atoms with Crippen molar-refractivity contribution in [3.63, 3.8) is 0 Å². The van der Waals surface area contributed by atoms with E-state index in [0.29, 0.717) is 6.73 Å². The standard InChI is InChI=1S/C16H20N2O2/c1-3-11-6-7-12-14(9-11)18(10-20-2)16(19)13-5-4-8-17-15(12)13/h6-7,9,17H,3-5,8,10H2,1-2H3. The minimum atomic E-state index is 0.0785. The molecule has 2 heterocycles. The number of nitrogens with zero attached hydrogens (tertiary/aromatic N) is 1. The van der Waals surface area contributed by atoms with E-state index < -0.39 is 0 Å². The van der Waals surface area contributed by atoms with Gasteiger partial charge in [-0.2, -0.15) is 0 Å². The number of ether oxygens (including phenoxy) is 1. The van der Waals surface area contributed by atoms with Gasteiger partial charge in [-0.15, -0.1) is 0 Å². The molecule has 2 aromatic rings. The van der Waals surface area contributed by atoms with Gasteiger partial charge in [0, 0.05) is 24.6 Å². The highest BCUT2D eigenvalue weighted by atomic mass is 16.5. The monoisotopic (exact) mass is 272 g/mol. The van der Waals surface area contributed by atoms with Crippen LogP contribution in [0.25, 0.3) is 10.9 Å². The summed E-state index contributed by atoms with van der Waals surface area (Å²) in [5.74, 6) is 0. The van der Waals surface area contributed by atoms with Crippen LogP contribution in [0.15, 0.2) is 23.0 Å². The Kier molecular flexibility index (Phi) is 3.49. The molecule has 0 saturated heterocycles. The van der Waals surface area contributed by atoms with Gasteiger partial charge in [0.25, 0.3) is 5.56 Å². The van der Waals surface area contributed by atoms with Gasteiger partial charge in [-0.05, 0) is 30.9 Å². The lowest BCUT2D eigenvalue weighted by atomic mass is 9.99. The van der Waals surface area contributed by atoms with Crippen LogP contribution in [0.3, 0.4) is 0 Å². The third-order valence-corrected chi connectivity index (χ3v) is 4.00. The van der Waals surface area contributed by atoms with Crippen LogP contribution in [0, 0.1) is 0 Å². The second kappa shape index (κ2) is 5.29. The zero-order valence-corrected chi connectivity index (χ0v) is 12.0. The molecule has 1 aliphatic heterocycles. The highest BCUT2D eigenvalue weighted by Crippen LogP contribution is 2.29. The first-order chi connectivity index (χ1) is 9.76. The fourth-order valence-electron chi connectivity index (χ4n) is 2.94. The Morgan fingerprint density at radius 2 is 2.25 bits per heavy atom. The van der Waals surface area contributed by atoms with Gasteiger partial charge in [0.2, 0.25) is 0 Å². The molecule has 0 amide bonds. The maximum Gasteiger partial charge on any atom is 0.258 e. The maximum atomic E-state index is 12.7. The van der Waals surface area contributed by atoms with Crippen LogP contribution in [-0.4, -0.2) is 18.2 Å². The summed E-state index contributed by atoms with van der Waals surface area (Å²) in [6.07, 6.45) is 2.81. The minimum absolute atomic E-state index is 0.0785. The summed E-state index contributed by atoms with van der Waals surface area (Å²) >= 11 is 0. The molecule has 1 aromatic carbocycles. The Morgan fingerprint density at radius 3 is 3.00 bits per heavy atom. The van der Waals surface area contributed by atoms with Crippen LogP contribution >= 0.6 is 0 Å². The molecular formula is C16H20N2O2. The molecule has 0 spiro atoms. The summed E-state index contributed by atoms with van der Waals surface area (Å²) in [5.41, 5.74) is 4.19. The summed E-state index contributed by atoms with van der Waals surface area (Å²) in [5, 5.41) is 4.52. The van der Waals surface area contributed by atoms with Gasteiger partial charge >= 0.3 is 0 Å². The molecule has 1 aromatic heterocycles. The van der Waals surface area contributed by atoms with Crippen LogP contribution in [-0.2, 0) is 24.3 Å². The van der Waals surface area contributed by atoms with Crippen LogP contribution in [0.4, 0.5) is 5.69 Å². The molecule has 0 fully saturated rings. The number of fused-ring (bicyclic) bond motifs is 3. The summed E-state index contributed by atoms with van der Waals surface area (Å²) < 4.78 is 6.97. The van der Waals surface area contributed by atoms with Gasteiger partial charge in [0.1, 0.15) is 6.73 Å². The van der Waals surface area contributed by atoms with Crippen LogP contribution in [0.2, 0.25) is 0 Å². The Morgan fingerprint density at radius 1 is 1.40 bits per heavy atom. The predicted octanol–water partition coefficient (Wildman–Crippen LogP) is 2.53. The van der Waals surface area contributed by atoms with E-state index >= 15 is 0 Å². The fourth-order valence-corrected chi connectivity index (χ4v) is 2.94. The van der Waals surface area contributed by atoms with Gasteiger partial charge in [0.15, 0.2) is 0 Å². The van der Waals surface area contributed by atoms with Gasteiger partial charge in [-0.3, -0.25) is 9.36 Å². The molecule has 1 N–H and O–H groups in total. The molecule has 106 valence electrons. The molecule has 0 radical (unpaired) electrons. The molecule has 20 heavy (non-hydrogen) atoms. The van der Waals surface area contributed by atoms with Crippen LogP contribution in [0.5, 0.6) is 0 Å². The highest BCUT2D eigenvalue weighted by molar-refractivity contribution is 5.94. The van der Waals surface area contributed by atoms with Crippen molar-refractivity contribution in [2.75, 3.05) is 19.0 Å². The lowest BCUT2D eigenvalue weighted by molar-refractivity contribution is 0.131. The van der Waals surface area contributed by atoms with Crippen molar-refractivity contribution < 1.29 is 4.74 Å². The van der Waals surface area contributed by atoms with Crippen molar-refractivity contribution in [3.8, 4) is 0 Å². The second-order valence-corrected chi connectivity index (χ2v) is 5.24. The number of aromatic nitrogens is 1. The number of anilines is 1. The first-order valence-electron chi connectivity index (χ1n) is 7.17. The Balaban J connectivity index is 2.37. The Bertz CT molecular complexity index is 704. The predicted molar refractivity (Wildman–Crippen MR) is 81.4 cm³/mol. The normalized spacial score (nSPS) is 14.1. The van der Waals surface area contributed by atoms with E-state index in [9.17, 15) is 4.79 Å². The maximum absolute atomic E-state index is 12.7. The van der Waals surface area contributed by atoms with Crippen LogP contribution < -0.4 is 10.9 Å². The number of nitrogens with one attached hydrogen (secondary N) is 1.